The number of ketones is 1. The molecule has 1 aromatic rings. The molecule has 6 nitrogen and oxygen atoms in total. The SMILES string of the molecule is O=C1CCN(c2ncc([N+](=O)[O-])s2)C1. The molecular formula is C7H7N3O3S. The molecule has 0 aliphatic carbocycles. The fourth-order valence-corrected chi connectivity index (χ4v) is 2.04. The molecule has 74 valence electrons. The van der Waals surface area contributed by atoms with Crippen LogP contribution < -0.4 is 4.90 Å². The molecule has 0 atom stereocenters. The molecule has 0 amide bonds. The number of carbonyl (C=O) groups excluding carboxylic acids is 1. The predicted molar refractivity (Wildman–Crippen MR) is 50.6 cm³/mol. The number of carbonyl (C=O) groups is 1. The van der Waals surface area contributed by atoms with Crippen LogP contribution in [-0.4, -0.2) is 28.8 Å². The van der Waals surface area contributed by atoms with Crippen molar-refractivity contribution < 1.29 is 9.72 Å². The number of nitro groups is 1. The molecule has 1 fully saturated rings. The van der Waals surface area contributed by atoms with Crippen LogP contribution in [0.2, 0.25) is 0 Å². The summed E-state index contributed by atoms with van der Waals surface area (Å²) in [5.74, 6) is 0.155. The van der Waals surface area contributed by atoms with Gasteiger partial charge in [0, 0.05) is 13.0 Å². The van der Waals surface area contributed by atoms with Gasteiger partial charge in [0.05, 0.1) is 11.5 Å². The summed E-state index contributed by atoms with van der Waals surface area (Å²) in [6.07, 6.45) is 1.73. The Balaban J connectivity index is 2.17. The van der Waals surface area contributed by atoms with Crippen LogP contribution in [0.25, 0.3) is 0 Å². The molecule has 0 aromatic carbocycles. The van der Waals surface area contributed by atoms with Crippen molar-refractivity contribution in [2.45, 2.75) is 6.42 Å². The zero-order valence-corrected chi connectivity index (χ0v) is 7.99. The highest BCUT2D eigenvalue weighted by Gasteiger charge is 2.23. The monoisotopic (exact) mass is 213 g/mol. The van der Waals surface area contributed by atoms with E-state index < -0.39 is 4.92 Å². The maximum Gasteiger partial charge on any atom is 0.345 e. The average molecular weight is 213 g/mol. The van der Waals surface area contributed by atoms with Gasteiger partial charge in [-0.1, -0.05) is 0 Å². The molecule has 0 saturated carbocycles. The summed E-state index contributed by atoms with van der Waals surface area (Å²) in [5.41, 5.74) is 0. The number of Topliss-reactive ketones (excluding diaryl/α,β-unsaturated/α-hetero) is 1. The third kappa shape index (κ3) is 1.58. The zero-order valence-electron chi connectivity index (χ0n) is 7.17. The van der Waals surface area contributed by atoms with Gasteiger partial charge in [-0.05, 0) is 11.3 Å². The maximum atomic E-state index is 11.0. The third-order valence-corrected chi connectivity index (χ3v) is 2.97. The van der Waals surface area contributed by atoms with E-state index in [4.69, 9.17) is 0 Å². The molecule has 1 aliphatic rings. The number of nitrogens with zero attached hydrogens (tertiary/aromatic N) is 3. The second-order valence-electron chi connectivity index (χ2n) is 2.95. The summed E-state index contributed by atoms with van der Waals surface area (Å²) in [5, 5.41) is 11.0. The number of hydrogen-bond acceptors (Lipinski definition) is 6. The lowest BCUT2D eigenvalue weighted by molar-refractivity contribution is -0.380. The number of aromatic nitrogens is 1. The van der Waals surface area contributed by atoms with Gasteiger partial charge in [0.25, 0.3) is 0 Å². The molecule has 0 spiro atoms. The highest BCUT2D eigenvalue weighted by Crippen LogP contribution is 2.29. The van der Waals surface area contributed by atoms with Crippen LogP contribution in [0, 0.1) is 10.1 Å². The Bertz CT molecular complexity index is 389. The van der Waals surface area contributed by atoms with Gasteiger partial charge in [-0.2, -0.15) is 0 Å². The zero-order chi connectivity index (χ0) is 10.1. The van der Waals surface area contributed by atoms with Crippen LogP contribution >= 0.6 is 11.3 Å². The molecule has 0 radical (unpaired) electrons. The number of rotatable bonds is 2. The van der Waals surface area contributed by atoms with Crippen molar-refractivity contribution in [1.29, 1.82) is 0 Å². The minimum Gasteiger partial charge on any atom is -0.340 e. The molecule has 0 N–H and O–H groups in total. The van der Waals surface area contributed by atoms with Crippen molar-refractivity contribution in [2.75, 3.05) is 18.0 Å². The molecule has 1 saturated heterocycles. The topological polar surface area (TPSA) is 76.3 Å². The van der Waals surface area contributed by atoms with E-state index in [-0.39, 0.29) is 10.8 Å². The van der Waals surface area contributed by atoms with E-state index in [1.54, 1.807) is 4.90 Å². The van der Waals surface area contributed by atoms with E-state index >= 15 is 0 Å². The molecule has 0 unspecified atom stereocenters. The molecule has 1 aliphatic heterocycles. The summed E-state index contributed by atoms with van der Waals surface area (Å²) in [7, 11) is 0. The summed E-state index contributed by atoms with van der Waals surface area (Å²) in [6.45, 7) is 0.939. The minimum absolute atomic E-state index is 0.0133. The van der Waals surface area contributed by atoms with E-state index in [1.165, 1.54) is 6.20 Å². The number of thiazole rings is 1. The van der Waals surface area contributed by atoms with E-state index in [2.05, 4.69) is 4.98 Å². The van der Waals surface area contributed by atoms with Gasteiger partial charge >= 0.3 is 5.00 Å². The van der Waals surface area contributed by atoms with Gasteiger partial charge in [-0.25, -0.2) is 4.98 Å². The van der Waals surface area contributed by atoms with Crippen LogP contribution in [0.1, 0.15) is 6.42 Å². The van der Waals surface area contributed by atoms with Gasteiger partial charge in [-0.3, -0.25) is 14.9 Å². The molecule has 0 bridgehead atoms. The first kappa shape index (κ1) is 9.07. The van der Waals surface area contributed by atoms with Gasteiger partial charge in [0.2, 0.25) is 0 Å². The third-order valence-electron chi connectivity index (χ3n) is 1.96. The van der Waals surface area contributed by atoms with Crippen LogP contribution in [0.4, 0.5) is 10.1 Å². The lowest BCUT2D eigenvalue weighted by atomic mass is 10.4. The molecule has 2 rings (SSSR count). The van der Waals surface area contributed by atoms with Crippen LogP contribution in [0.5, 0.6) is 0 Å². The first-order valence-corrected chi connectivity index (χ1v) is 4.85. The van der Waals surface area contributed by atoms with Crippen molar-refractivity contribution in [3.8, 4) is 0 Å². The lowest BCUT2D eigenvalue weighted by Crippen LogP contribution is -2.18. The van der Waals surface area contributed by atoms with Crippen molar-refractivity contribution >= 4 is 27.3 Å². The normalized spacial score (nSPS) is 16.3. The van der Waals surface area contributed by atoms with Crippen molar-refractivity contribution in [3.63, 3.8) is 0 Å². The quantitative estimate of drug-likeness (QED) is 0.537. The molecule has 1 aromatic heterocycles. The van der Waals surface area contributed by atoms with E-state index in [1.807, 2.05) is 0 Å². The molecular weight excluding hydrogens is 206 g/mol. The average Bonchev–Trinajstić information content (AvgIpc) is 2.70. The fourth-order valence-electron chi connectivity index (χ4n) is 1.28. The van der Waals surface area contributed by atoms with Crippen molar-refractivity contribution in [3.05, 3.63) is 16.3 Å². The van der Waals surface area contributed by atoms with Crippen LogP contribution in [0.15, 0.2) is 6.20 Å². The Morgan fingerprint density at radius 3 is 2.93 bits per heavy atom. The highest BCUT2D eigenvalue weighted by atomic mass is 32.1. The Morgan fingerprint density at radius 1 is 1.64 bits per heavy atom. The highest BCUT2D eigenvalue weighted by molar-refractivity contribution is 7.18. The lowest BCUT2D eigenvalue weighted by Gasteiger charge is -2.10. The number of anilines is 1. The first-order chi connectivity index (χ1) is 6.66. The van der Waals surface area contributed by atoms with Crippen molar-refractivity contribution in [1.82, 2.24) is 4.98 Å². The number of hydrogen-bond donors (Lipinski definition) is 0. The van der Waals surface area contributed by atoms with Gasteiger partial charge in [-0.15, -0.1) is 0 Å². The smallest absolute Gasteiger partial charge is 0.340 e. The fraction of sp³-hybridized carbons (Fsp3) is 0.429. The van der Waals surface area contributed by atoms with Crippen molar-refractivity contribution in [2.24, 2.45) is 0 Å². The molecule has 14 heavy (non-hydrogen) atoms. The second-order valence-corrected chi connectivity index (χ2v) is 3.94. The molecule has 2 heterocycles. The van der Waals surface area contributed by atoms with Gasteiger partial charge in [0.15, 0.2) is 10.9 Å². The Morgan fingerprint density at radius 2 is 2.43 bits per heavy atom. The largest absolute Gasteiger partial charge is 0.345 e. The Kier molecular flexibility index (Phi) is 2.16. The van der Waals surface area contributed by atoms with E-state index in [0.29, 0.717) is 24.6 Å². The Labute approximate surface area is 83.3 Å². The standard InChI is InChI=1S/C7H7N3O3S/c11-5-1-2-9(4-5)7-8-3-6(14-7)10(12)13/h3H,1-2,4H2. The van der Waals surface area contributed by atoms with Crippen LogP contribution in [-0.2, 0) is 4.79 Å². The van der Waals surface area contributed by atoms with E-state index in [9.17, 15) is 14.9 Å². The van der Waals surface area contributed by atoms with Crippen LogP contribution in [0.3, 0.4) is 0 Å². The maximum absolute atomic E-state index is 11.0. The van der Waals surface area contributed by atoms with Gasteiger partial charge < -0.3 is 4.90 Å². The summed E-state index contributed by atoms with van der Waals surface area (Å²) < 4.78 is 0. The molecule has 7 heteroatoms. The summed E-state index contributed by atoms with van der Waals surface area (Å²) >= 11 is 1.00. The summed E-state index contributed by atoms with van der Waals surface area (Å²) in [4.78, 5) is 26.5. The van der Waals surface area contributed by atoms with Gasteiger partial charge in [0.1, 0.15) is 6.20 Å². The Hall–Kier alpha value is -1.50. The minimum atomic E-state index is -0.473. The predicted octanol–water partition coefficient (Wildman–Crippen LogP) is 0.830. The van der Waals surface area contributed by atoms with E-state index in [0.717, 1.165) is 11.3 Å². The second kappa shape index (κ2) is 3.33. The first-order valence-electron chi connectivity index (χ1n) is 4.03. The summed E-state index contributed by atoms with van der Waals surface area (Å²) in [6, 6.07) is 0.